The molecular weight excluding hydrogens is 228 g/mol. The van der Waals surface area contributed by atoms with Crippen molar-refractivity contribution in [2.75, 3.05) is 19.8 Å². The lowest BCUT2D eigenvalue weighted by Gasteiger charge is -2.35. The van der Waals surface area contributed by atoms with Crippen LogP contribution in [0.3, 0.4) is 0 Å². The highest BCUT2D eigenvalue weighted by molar-refractivity contribution is 5.86. The van der Waals surface area contributed by atoms with Crippen LogP contribution in [0, 0.1) is 5.92 Å². The first-order chi connectivity index (χ1) is 8.44. The first-order valence-corrected chi connectivity index (χ1v) is 6.73. The van der Waals surface area contributed by atoms with Gasteiger partial charge in [0.1, 0.15) is 0 Å². The second kappa shape index (κ2) is 6.90. The Morgan fingerprint density at radius 3 is 2.94 bits per heavy atom. The molecule has 0 aromatic rings. The van der Waals surface area contributed by atoms with Gasteiger partial charge in [-0.1, -0.05) is 31.9 Å². The predicted molar refractivity (Wildman–Crippen MR) is 73.2 cm³/mol. The van der Waals surface area contributed by atoms with Crippen molar-refractivity contribution in [1.29, 1.82) is 0 Å². The van der Waals surface area contributed by atoms with Gasteiger partial charge in [0.25, 0.3) is 0 Å². The number of hydrogen-bond acceptors (Lipinski definition) is 3. The molecule has 0 saturated heterocycles. The van der Waals surface area contributed by atoms with Gasteiger partial charge in [0.05, 0.1) is 18.8 Å². The highest BCUT2D eigenvalue weighted by Gasteiger charge is 2.37. The highest BCUT2D eigenvalue weighted by Crippen LogP contribution is 2.30. The molecule has 0 aliphatic heterocycles. The molecule has 0 aromatic carbocycles. The maximum Gasteiger partial charge on any atom is 0.240 e. The second-order valence-corrected chi connectivity index (χ2v) is 5.62. The first-order valence-electron chi connectivity index (χ1n) is 6.73. The zero-order valence-electron chi connectivity index (χ0n) is 11.6. The lowest BCUT2D eigenvalue weighted by Crippen LogP contribution is -2.56. The van der Waals surface area contributed by atoms with Crippen LogP contribution in [0.1, 0.15) is 39.5 Å². The molecule has 1 amide bonds. The third kappa shape index (κ3) is 4.78. The average molecular weight is 254 g/mol. The van der Waals surface area contributed by atoms with Crippen molar-refractivity contribution in [3.63, 3.8) is 0 Å². The molecule has 4 nitrogen and oxygen atoms in total. The Kier molecular flexibility index (Phi) is 5.82. The number of hydrogen-bond donors (Lipinski definition) is 2. The van der Waals surface area contributed by atoms with E-state index in [4.69, 9.17) is 10.5 Å². The van der Waals surface area contributed by atoms with Crippen molar-refractivity contribution in [3.05, 3.63) is 12.2 Å². The lowest BCUT2D eigenvalue weighted by atomic mass is 9.76. The van der Waals surface area contributed by atoms with E-state index in [0.717, 1.165) is 24.8 Å². The molecule has 4 heteroatoms. The highest BCUT2D eigenvalue weighted by atomic mass is 16.5. The number of amides is 1. The zero-order chi connectivity index (χ0) is 13.6. The minimum Gasteiger partial charge on any atom is -0.375 e. The Hall–Kier alpha value is -0.870. The summed E-state index contributed by atoms with van der Waals surface area (Å²) in [5.41, 5.74) is 6.50. The van der Waals surface area contributed by atoms with Crippen molar-refractivity contribution in [1.82, 2.24) is 5.32 Å². The number of ether oxygens (including phenoxy) is 1. The van der Waals surface area contributed by atoms with E-state index in [9.17, 15) is 4.79 Å². The smallest absolute Gasteiger partial charge is 0.240 e. The summed E-state index contributed by atoms with van der Waals surface area (Å²) in [7, 11) is 0. The van der Waals surface area contributed by atoms with Crippen LogP contribution in [-0.4, -0.2) is 31.2 Å². The molecule has 2 atom stereocenters. The van der Waals surface area contributed by atoms with Crippen LogP contribution in [0.25, 0.3) is 0 Å². The van der Waals surface area contributed by atoms with E-state index >= 15 is 0 Å². The minimum atomic E-state index is -0.675. The van der Waals surface area contributed by atoms with Gasteiger partial charge in [-0.25, -0.2) is 0 Å². The molecule has 1 fully saturated rings. The zero-order valence-corrected chi connectivity index (χ0v) is 11.6. The van der Waals surface area contributed by atoms with Gasteiger partial charge < -0.3 is 15.8 Å². The van der Waals surface area contributed by atoms with Crippen molar-refractivity contribution in [2.45, 2.75) is 45.1 Å². The Bertz CT molecular complexity index is 304. The summed E-state index contributed by atoms with van der Waals surface area (Å²) in [5.74, 6) is 0.502. The molecule has 1 aliphatic rings. The van der Waals surface area contributed by atoms with Crippen molar-refractivity contribution in [3.8, 4) is 0 Å². The van der Waals surface area contributed by atoms with E-state index in [1.807, 2.05) is 6.92 Å². The molecular formula is C14H26N2O2. The first kappa shape index (κ1) is 15.2. The van der Waals surface area contributed by atoms with Crippen LogP contribution >= 0.6 is 0 Å². The van der Waals surface area contributed by atoms with E-state index in [1.165, 1.54) is 6.42 Å². The SMILES string of the molecule is C=C(C)COCCNC(=O)C1(N)CCCC(C)C1. The standard InChI is InChI=1S/C14H26N2O2/c1-11(2)10-18-8-7-16-13(17)14(15)6-4-5-12(3)9-14/h12H,1,4-10,15H2,2-3H3,(H,16,17). The fourth-order valence-electron chi connectivity index (χ4n) is 2.46. The lowest BCUT2D eigenvalue weighted by molar-refractivity contribution is -0.128. The molecule has 104 valence electrons. The van der Waals surface area contributed by atoms with Crippen molar-refractivity contribution in [2.24, 2.45) is 11.7 Å². The minimum absolute atomic E-state index is 0.0343. The number of carbonyl (C=O) groups excluding carboxylic acids is 1. The molecule has 0 heterocycles. The molecule has 0 spiro atoms. The van der Waals surface area contributed by atoms with E-state index < -0.39 is 5.54 Å². The van der Waals surface area contributed by atoms with Crippen LogP contribution in [0.15, 0.2) is 12.2 Å². The number of nitrogens with one attached hydrogen (secondary N) is 1. The normalized spacial score (nSPS) is 27.8. The Morgan fingerprint density at radius 1 is 1.61 bits per heavy atom. The van der Waals surface area contributed by atoms with Gasteiger partial charge >= 0.3 is 0 Å². The monoisotopic (exact) mass is 254 g/mol. The topological polar surface area (TPSA) is 64.3 Å². The van der Waals surface area contributed by atoms with Gasteiger partial charge in [-0.15, -0.1) is 0 Å². The van der Waals surface area contributed by atoms with Crippen LogP contribution in [0.2, 0.25) is 0 Å². The van der Waals surface area contributed by atoms with E-state index in [2.05, 4.69) is 18.8 Å². The summed E-state index contributed by atoms with van der Waals surface area (Å²) in [5, 5.41) is 2.87. The van der Waals surface area contributed by atoms with E-state index in [0.29, 0.717) is 25.7 Å². The number of rotatable bonds is 6. The molecule has 18 heavy (non-hydrogen) atoms. The molecule has 1 rings (SSSR count). The predicted octanol–water partition coefficient (Wildman–Crippen LogP) is 1.60. The summed E-state index contributed by atoms with van der Waals surface area (Å²) in [4.78, 5) is 12.1. The van der Waals surface area contributed by atoms with E-state index in [1.54, 1.807) is 0 Å². The van der Waals surface area contributed by atoms with E-state index in [-0.39, 0.29) is 5.91 Å². The molecule has 3 N–H and O–H groups in total. The largest absolute Gasteiger partial charge is 0.375 e. The fraction of sp³-hybridized carbons (Fsp3) is 0.786. The van der Waals surface area contributed by atoms with Crippen LogP contribution < -0.4 is 11.1 Å². The van der Waals surface area contributed by atoms with Crippen LogP contribution in [-0.2, 0) is 9.53 Å². The average Bonchev–Trinajstić information content (AvgIpc) is 2.27. The van der Waals surface area contributed by atoms with Gasteiger partial charge in [-0.3, -0.25) is 4.79 Å². The third-order valence-corrected chi connectivity index (χ3v) is 3.37. The van der Waals surface area contributed by atoms with Gasteiger partial charge in [0, 0.05) is 6.54 Å². The summed E-state index contributed by atoms with van der Waals surface area (Å²) in [6.07, 6.45) is 3.78. The van der Waals surface area contributed by atoms with Crippen LogP contribution in [0.4, 0.5) is 0 Å². The summed E-state index contributed by atoms with van der Waals surface area (Å²) >= 11 is 0. The molecule has 0 radical (unpaired) electrons. The summed E-state index contributed by atoms with van der Waals surface area (Å²) in [6.45, 7) is 9.38. The molecule has 1 saturated carbocycles. The Labute approximate surface area is 110 Å². The molecule has 0 aromatic heterocycles. The second-order valence-electron chi connectivity index (χ2n) is 5.62. The quantitative estimate of drug-likeness (QED) is 0.559. The summed E-state index contributed by atoms with van der Waals surface area (Å²) in [6, 6.07) is 0. The maximum absolute atomic E-state index is 12.1. The maximum atomic E-state index is 12.1. The number of carbonyl (C=O) groups is 1. The number of nitrogens with two attached hydrogens (primary N) is 1. The molecule has 0 bridgehead atoms. The molecule has 1 aliphatic carbocycles. The van der Waals surface area contributed by atoms with Crippen molar-refractivity contribution >= 4 is 5.91 Å². The van der Waals surface area contributed by atoms with Gasteiger partial charge in [-0.05, 0) is 25.7 Å². The van der Waals surface area contributed by atoms with Gasteiger partial charge in [0.15, 0.2) is 0 Å². The van der Waals surface area contributed by atoms with Gasteiger partial charge in [0.2, 0.25) is 5.91 Å². The van der Waals surface area contributed by atoms with Gasteiger partial charge in [-0.2, -0.15) is 0 Å². The fourth-order valence-corrected chi connectivity index (χ4v) is 2.46. The van der Waals surface area contributed by atoms with Crippen molar-refractivity contribution < 1.29 is 9.53 Å². The Morgan fingerprint density at radius 2 is 2.33 bits per heavy atom. The Balaban J connectivity index is 2.25. The summed E-state index contributed by atoms with van der Waals surface area (Å²) < 4.78 is 5.33. The third-order valence-electron chi connectivity index (χ3n) is 3.37. The molecule has 2 unspecified atom stereocenters. The van der Waals surface area contributed by atoms with Crippen LogP contribution in [0.5, 0.6) is 0 Å².